The van der Waals surface area contributed by atoms with Crippen LogP contribution in [0, 0.1) is 0 Å². The average molecular weight is 1240 g/mol. The minimum Gasteiger partial charge on any atom is -0.387 e. The topological polar surface area (TPSA) is 105 Å². The number of nitrogens with zero attached hydrogens (tertiary/aromatic N) is 1. The minimum absolute atomic E-state index is 0.0492. The van der Waals surface area contributed by atoms with Crippen molar-refractivity contribution in [3.05, 3.63) is 146 Å². The van der Waals surface area contributed by atoms with Crippen LogP contribution in [0.15, 0.2) is 146 Å². The molecule has 504 valence electrons. The number of aliphatic hydroxyl groups is 1. The van der Waals surface area contributed by atoms with Gasteiger partial charge >= 0.3 is 7.82 Å². The fourth-order valence-electron chi connectivity index (χ4n) is 9.97. The molecule has 0 aromatic carbocycles. The molecule has 0 fully saturated rings. The third kappa shape index (κ3) is 69.8. The van der Waals surface area contributed by atoms with Gasteiger partial charge in [-0.3, -0.25) is 13.8 Å². The van der Waals surface area contributed by atoms with E-state index in [1.54, 1.807) is 6.08 Å². The molecule has 0 spiro atoms. The zero-order chi connectivity index (χ0) is 64.1. The number of likely N-dealkylation sites (N-methyl/N-ethyl adjacent to an activating group) is 1. The van der Waals surface area contributed by atoms with Crippen molar-refractivity contribution in [1.29, 1.82) is 0 Å². The maximum absolute atomic E-state index is 13.1. The zero-order valence-corrected chi connectivity index (χ0v) is 58.6. The van der Waals surface area contributed by atoms with E-state index in [0.29, 0.717) is 17.4 Å². The molecular weight excluding hydrogens is 1100 g/mol. The van der Waals surface area contributed by atoms with E-state index in [4.69, 9.17) is 9.05 Å². The molecule has 0 heterocycles. The molecule has 8 nitrogen and oxygen atoms in total. The summed E-state index contributed by atoms with van der Waals surface area (Å²) in [5.74, 6) is -0.194. The number of phosphoric ester groups is 1. The fourth-order valence-corrected chi connectivity index (χ4v) is 10.7. The predicted octanol–water partition coefficient (Wildman–Crippen LogP) is 23.6. The molecule has 1 amide bonds. The average Bonchev–Trinajstić information content (AvgIpc) is 3.71. The van der Waals surface area contributed by atoms with Crippen molar-refractivity contribution in [2.45, 2.75) is 309 Å². The summed E-state index contributed by atoms with van der Waals surface area (Å²) < 4.78 is 23.8. The number of hydrogen-bond donors (Lipinski definition) is 3. The second-order valence-electron chi connectivity index (χ2n) is 25.2. The van der Waals surface area contributed by atoms with Gasteiger partial charge in [0.1, 0.15) is 13.2 Å². The van der Waals surface area contributed by atoms with Gasteiger partial charge in [0.25, 0.3) is 0 Å². The van der Waals surface area contributed by atoms with Crippen LogP contribution < -0.4 is 5.32 Å². The van der Waals surface area contributed by atoms with Crippen molar-refractivity contribution in [3.8, 4) is 0 Å². The van der Waals surface area contributed by atoms with E-state index in [0.717, 1.165) is 109 Å². The van der Waals surface area contributed by atoms with Crippen LogP contribution in [0.25, 0.3) is 0 Å². The van der Waals surface area contributed by atoms with Crippen molar-refractivity contribution >= 4 is 13.7 Å². The monoisotopic (exact) mass is 1240 g/mol. The Morgan fingerprint density at radius 3 is 1.05 bits per heavy atom. The summed E-state index contributed by atoms with van der Waals surface area (Å²) in [6.45, 7) is 4.69. The minimum atomic E-state index is -4.37. The third-order valence-electron chi connectivity index (χ3n) is 15.5. The van der Waals surface area contributed by atoms with Crippen LogP contribution in [0.2, 0.25) is 0 Å². The van der Waals surface area contributed by atoms with E-state index >= 15 is 0 Å². The lowest BCUT2D eigenvalue weighted by atomic mass is 10.0. The molecule has 0 radical (unpaired) electrons. The van der Waals surface area contributed by atoms with Crippen LogP contribution in [-0.2, 0) is 18.4 Å². The second kappa shape index (κ2) is 67.8. The molecule has 0 saturated carbocycles. The number of rotatable bonds is 65. The predicted molar refractivity (Wildman–Crippen MR) is 387 cm³/mol. The SMILES string of the molecule is CC/C=C\C/C=C\C/C=C\C/C=C\C/C=C\C/C=C\C/C=C\C/C=C\C/C=C\C/C=C\CCCCCCCCCCCCC(=O)NC(COP(=O)(O)OCC[N+](C)(C)C)C(O)/C=C/CC/C=C/CCCCCCCCCCCCCCCCCCCCC. The number of unbranched alkanes of at least 4 members (excludes halogenated alkanes) is 30. The Kier molecular flexibility index (Phi) is 65.0. The summed E-state index contributed by atoms with van der Waals surface area (Å²) in [4.78, 5) is 23.4. The van der Waals surface area contributed by atoms with Gasteiger partial charge in [-0.2, -0.15) is 0 Å². The first-order valence-electron chi connectivity index (χ1n) is 36.2. The molecule has 0 aliphatic rings. The van der Waals surface area contributed by atoms with E-state index in [1.165, 1.54) is 167 Å². The maximum Gasteiger partial charge on any atom is 0.472 e. The Labute approximate surface area is 544 Å². The molecule has 0 aliphatic heterocycles. The van der Waals surface area contributed by atoms with Crippen LogP contribution >= 0.6 is 7.82 Å². The summed E-state index contributed by atoms with van der Waals surface area (Å²) in [6.07, 6.45) is 104. The van der Waals surface area contributed by atoms with Gasteiger partial charge in [0.15, 0.2) is 0 Å². The van der Waals surface area contributed by atoms with E-state index < -0.39 is 20.0 Å². The van der Waals surface area contributed by atoms with Crippen molar-refractivity contribution in [1.82, 2.24) is 5.32 Å². The lowest BCUT2D eigenvalue weighted by Gasteiger charge is -2.25. The van der Waals surface area contributed by atoms with Gasteiger partial charge in [0.05, 0.1) is 39.9 Å². The highest BCUT2D eigenvalue weighted by atomic mass is 31.2. The Hall–Kier alpha value is -3.62. The van der Waals surface area contributed by atoms with E-state index in [2.05, 4.69) is 153 Å². The highest BCUT2D eigenvalue weighted by molar-refractivity contribution is 7.47. The quantitative estimate of drug-likeness (QED) is 0.0243. The molecule has 0 saturated heterocycles. The molecule has 88 heavy (non-hydrogen) atoms. The summed E-state index contributed by atoms with van der Waals surface area (Å²) in [6, 6.07) is -0.877. The first-order chi connectivity index (χ1) is 43.0. The number of phosphoric acid groups is 1. The normalized spacial score (nSPS) is 14.5. The van der Waals surface area contributed by atoms with Crippen LogP contribution in [0.1, 0.15) is 296 Å². The molecule has 3 N–H and O–H groups in total. The first kappa shape index (κ1) is 84.4. The molecule has 3 atom stereocenters. The maximum atomic E-state index is 13.1. The summed E-state index contributed by atoms with van der Waals surface area (Å²) in [5.41, 5.74) is 0. The van der Waals surface area contributed by atoms with Crippen molar-refractivity contribution in [3.63, 3.8) is 0 Å². The van der Waals surface area contributed by atoms with Crippen LogP contribution in [0.3, 0.4) is 0 Å². The highest BCUT2D eigenvalue weighted by Crippen LogP contribution is 2.43. The van der Waals surface area contributed by atoms with Gasteiger partial charge < -0.3 is 19.8 Å². The van der Waals surface area contributed by atoms with Crippen molar-refractivity contribution < 1.29 is 32.9 Å². The van der Waals surface area contributed by atoms with Crippen molar-refractivity contribution in [2.24, 2.45) is 0 Å². The highest BCUT2D eigenvalue weighted by Gasteiger charge is 2.28. The van der Waals surface area contributed by atoms with Gasteiger partial charge in [-0.15, -0.1) is 0 Å². The number of carbonyl (C=O) groups is 1. The smallest absolute Gasteiger partial charge is 0.387 e. The standard InChI is InChI=1S/C79H137N2O6P/c1-6-8-10-12-14-16-18-20-22-24-26-28-30-32-33-34-35-36-37-38-39-40-41-42-43-44-45-46-47-49-51-53-55-57-59-61-63-65-67-69-71-73-79(83)80-77(76-87-88(84,85)86-75-74-81(3,4)5)78(82)72-70-68-66-64-62-60-58-56-54-52-50-48-31-29-27-25-23-21-19-17-15-13-11-9-7-2/h8,10,14,16,20,22,26,28,32-33,35-36,38-39,41-42,44-45,47,49,62,64,70,72,77-78,82H,6-7,9,11-13,15,17-19,21,23-25,27,29-31,34,37,40,43,46,48,50-61,63,65-69,71,73-76H2,1-5H3,(H-,80,83,84,85)/p+1/b10-8-,16-14-,22-20-,28-26-,33-32-,36-35-,39-38-,42-41-,45-44-,49-47-,64-62+,72-70+. The number of hydrogen-bond acceptors (Lipinski definition) is 5. The Balaban J connectivity index is 4.14. The molecule has 0 rings (SSSR count). The molecular formula is C79H138N2O6P+. The third-order valence-corrected chi connectivity index (χ3v) is 16.5. The largest absolute Gasteiger partial charge is 0.472 e. The molecule has 0 bridgehead atoms. The Morgan fingerprint density at radius 1 is 0.398 bits per heavy atom. The van der Waals surface area contributed by atoms with Gasteiger partial charge in [-0.05, 0) is 109 Å². The number of allylic oxidation sites excluding steroid dienone is 23. The van der Waals surface area contributed by atoms with Gasteiger partial charge in [-0.25, -0.2) is 4.57 Å². The number of carbonyl (C=O) groups excluding carboxylic acids is 1. The molecule has 3 unspecified atom stereocenters. The van der Waals surface area contributed by atoms with Crippen LogP contribution in [0.5, 0.6) is 0 Å². The molecule has 0 aromatic heterocycles. The Morgan fingerprint density at radius 2 is 0.693 bits per heavy atom. The van der Waals surface area contributed by atoms with E-state index in [9.17, 15) is 19.4 Å². The second-order valence-corrected chi connectivity index (χ2v) is 26.7. The molecule has 9 heteroatoms. The summed E-state index contributed by atoms with van der Waals surface area (Å²) in [7, 11) is 1.54. The Bertz CT molecular complexity index is 1950. The molecule has 0 aromatic rings. The van der Waals surface area contributed by atoms with Gasteiger partial charge in [0.2, 0.25) is 5.91 Å². The number of amides is 1. The zero-order valence-electron chi connectivity index (χ0n) is 57.7. The van der Waals surface area contributed by atoms with Crippen LogP contribution in [-0.4, -0.2) is 73.4 Å². The molecule has 0 aliphatic carbocycles. The fraction of sp³-hybridized carbons (Fsp3) is 0.684. The van der Waals surface area contributed by atoms with E-state index in [-0.39, 0.29) is 19.1 Å². The van der Waals surface area contributed by atoms with Crippen LogP contribution in [0.4, 0.5) is 0 Å². The van der Waals surface area contributed by atoms with Gasteiger partial charge in [0, 0.05) is 6.42 Å². The van der Waals surface area contributed by atoms with E-state index in [1.807, 2.05) is 27.2 Å². The van der Waals surface area contributed by atoms with Crippen molar-refractivity contribution in [2.75, 3.05) is 40.9 Å². The summed E-state index contributed by atoms with van der Waals surface area (Å²) in [5, 5.41) is 14.0. The lowest BCUT2D eigenvalue weighted by molar-refractivity contribution is -0.870. The lowest BCUT2D eigenvalue weighted by Crippen LogP contribution is -2.45. The summed E-state index contributed by atoms with van der Waals surface area (Å²) >= 11 is 0. The first-order valence-corrected chi connectivity index (χ1v) is 37.7. The number of aliphatic hydroxyl groups excluding tert-OH is 1. The number of nitrogens with one attached hydrogen (secondary N) is 1. The van der Waals surface area contributed by atoms with Gasteiger partial charge in [-0.1, -0.05) is 327 Å². The number of quaternary nitrogens is 1.